The molecule has 94 valence electrons. The lowest BCUT2D eigenvalue weighted by Gasteiger charge is -2.27. The Morgan fingerprint density at radius 2 is 1.94 bits per heavy atom. The van der Waals surface area contributed by atoms with Gasteiger partial charge in [-0.15, -0.1) is 0 Å². The zero-order valence-corrected chi connectivity index (χ0v) is 11.0. The van der Waals surface area contributed by atoms with Crippen LogP contribution in [0.1, 0.15) is 41.0 Å². The highest BCUT2D eigenvalue weighted by Crippen LogP contribution is 2.12. The van der Waals surface area contributed by atoms with Crippen molar-refractivity contribution in [3.63, 3.8) is 0 Å². The van der Waals surface area contributed by atoms with Crippen molar-refractivity contribution in [3.05, 3.63) is 0 Å². The Bertz CT molecular complexity index is 248. The summed E-state index contributed by atoms with van der Waals surface area (Å²) in [6, 6.07) is 0.785. The van der Waals surface area contributed by atoms with Crippen LogP contribution in [-0.4, -0.2) is 41.8 Å². The maximum absolute atomic E-state index is 11.9. The highest BCUT2D eigenvalue weighted by molar-refractivity contribution is 5.68. The van der Waals surface area contributed by atoms with E-state index in [4.69, 9.17) is 4.74 Å². The third-order valence-corrected chi connectivity index (χ3v) is 2.55. The molecule has 1 N–H and O–H groups in total. The number of nitrogens with zero attached hydrogens (tertiary/aromatic N) is 1. The van der Waals surface area contributed by atoms with Gasteiger partial charge in [-0.05, 0) is 41.0 Å². The zero-order valence-electron chi connectivity index (χ0n) is 11.0. The van der Waals surface area contributed by atoms with E-state index in [2.05, 4.69) is 19.2 Å². The van der Waals surface area contributed by atoms with Crippen LogP contribution >= 0.6 is 0 Å². The molecule has 0 unspecified atom stereocenters. The lowest BCUT2D eigenvalue weighted by atomic mass is 10.2. The minimum Gasteiger partial charge on any atom is -0.444 e. The molecule has 16 heavy (non-hydrogen) atoms. The van der Waals surface area contributed by atoms with Crippen LogP contribution in [0.2, 0.25) is 0 Å². The van der Waals surface area contributed by atoms with Crippen molar-refractivity contribution in [2.24, 2.45) is 0 Å². The van der Waals surface area contributed by atoms with Gasteiger partial charge in [0.15, 0.2) is 0 Å². The fourth-order valence-corrected chi connectivity index (χ4v) is 1.89. The van der Waals surface area contributed by atoms with Crippen LogP contribution in [0.25, 0.3) is 0 Å². The molecule has 2 atom stereocenters. The maximum Gasteiger partial charge on any atom is 0.410 e. The first kappa shape index (κ1) is 13.3. The van der Waals surface area contributed by atoms with Crippen molar-refractivity contribution in [2.75, 3.05) is 13.1 Å². The molecule has 0 aromatic carbocycles. The van der Waals surface area contributed by atoms with Crippen molar-refractivity contribution in [1.29, 1.82) is 0 Å². The molecule has 0 spiro atoms. The second-order valence-corrected chi connectivity index (χ2v) is 5.68. The normalized spacial score (nSPS) is 27.4. The van der Waals surface area contributed by atoms with Gasteiger partial charge in [-0.2, -0.15) is 0 Å². The van der Waals surface area contributed by atoms with Gasteiger partial charge >= 0.3 is 6.09 Å². The second kappa shape index (κ2) is 5.04. The number of amides is 1. The van der Waals surface area contributed by atoms with Gasteiger partial charge in [-0.25, -0.2) is 4.79 Å². The molecule has 0 aromatic heterocycles. The highest BCUT2D eigenvalue weighted by Gasteiger charge is 2.26. The van der Waals surface area contributed by atoms with Crippen molar-refractivity contribution in [3.8, 4) is 0 Å². The maximum atomic E-state index is 11.9. The van der Waals surface area contributed by atoms with E-state index in [-0.39, 0.29) is 6.09 Å². The summed E-state index contributed by atoms with van der Waals surface area (Å²) < 4.78 is 5.38. The molecule has 0 radical (unpaired) electrons. The van der Waals surface area contributed by atoms with Gasteiger partial charge in [-0.1, -0.05) is 0 Å². The molecule has 0 bridgehead atoms. The van der Waals surface area contributed by atoms with Gasteiger partial charge in [0.25, 0.3) is 0 Å². The summed E-state index contributed by atoms with van der Waals surface area (Å²) in [4.78, 5) is 13.7. The summed E-state index contributed by atoms with van der Waals surface area (Å²) in [7, 11) is 0. The zero-order chi connectivity index (χ0) is 12.3. The molecule has 0 aromatic rings. The Balaban J connectivity index is 2.55. The van der Waals surface area contributed by atoms with E-state index < -0.39 is 5.60 Å². The molecular formula is C12H24N2O2. The van der Waals surface area contributed by atoms with Crippen LogP contribution in [0.3, 0.4) is 0 Å². The molecule has 1 amide bonds. The molecule has 0 aliphatic carbocycles. The van der Waals surface area contributed by atoms with Crippen LogP contribution in [0.4, 0.5) is 4.79 Å². The van der Waals surface area contributed by atoms with Crippen molar-refractivity contribution in [1.82, 2.24) is 10.2 Å². The summed E-state index contributed by atoms with van der Waals surface area (Å²) >= 11 is 0. The van der Waals surface area contributed by atoms with E-state index in [1.54, 1.807) is 4.90 Å². The van der Waals surface area contributed by atoms with Gasteiger partial charge in [0.1, 0.15) is 5.60 Å². The van der Waals surface area contributed by atoms with Crippen LogP contribution in [0.15, 0.2) is 0 Å². The van der Waals surface area contributed by atoms with Crippen molar-refractivity contribution < 1.29 is 9.53 Å². The highest BCUT2D eigenvalue weighted by atomic mass is 16.6. The summed E-state index contributed by atoms with van der Waals surface area (Å²) in [6.45, 7) is 11.4. The predicted molar refractivity (Wildman–Crippen MR) is 64.5 cm³/mol. The van der Waals surface area contributed by atoms with Gasteiger partial charge in [0.2, 0.25) is 0 Å². The summed E-state index contributed by atoms with van der Waals surface area (Å²) in [5.74, 6) is 0. The lowest BCUT2D eigenvalue weighted by molar-refractivity contribution is 0.0249. The first-order valence-corrected chi connectivity index (χ1v) is 6.02. The van der Waals surface area contributed by atoms with Crippen molar-refractivity contribution in [2.45, 2.75) is 58.7 Å². The average molecular weight is 228 g/mol. The molecule has 0 saturated carbocycles. The molecule has 1 aliphatic rings. The van der Waals surface area contributed by atoms with Gasteiger partial charge < -0.3 is 15.0 Å². The topological polar surface area (TPSA) is 41.6 Å². The van der Waals surface area contributed by atoms with Gasteiger partial charge in [-0.3, -0.25) is 0 Å². The molecule has 4 heteroatoms. The van der Waals surface area contributed by atoms with E-state index in [9.17, 15) is 4.79 Å². The third-order valence-electron chi connectivity index (χ3n) is 2.55. The smallest absolute Gasteiger partial charge is 0.410 e. The van der Waals surface area contributed by atoms with E-state index >= 15 is 0 Å². The monoisotopic (exact) mass is 228 g/mol. The predicted octanol–water partition coefficient (Wildman–Crippen LogP) is 1.99. The number of rotatable bonds is 0. The largest absolute Gasteiger partial charge is 0.444 e. The summed E-state index contributed by atoms with van der Waals surface area (Å²) in [5, 5.41) is 3.44. The summed E-state index contributed by atoms with van der Waals surface area (Å²) in [5.41, 5.74) is -0.411. The molecule has 1 saturated heterocycles. The van der Waals surface area contributed by atoms with Gasteiger partial charge in [0, 0.05) is 25.2 Å². The fraction of sp³-hybridized carbons (Fsp3) is 0.917. The Morgan fingerprint density at radius 1 is 1.31 bits per heavy atom. The Hall–Kier alpha value is -0.770. The fourth-order valence-electron chi connectivity index (χ4n) is 1.89. The Kier molecular flexibility index (Phi) is 4.19. The molecule has 1 fully saturated rings. The number of nitrogens with one attached hydrogen (secondary N) is 1. The first-order valence-electron chi connectivity index (χ1n) is 6.02. The van der Waals surface area contributed by atoms with E-state index in [0.717, 1.165) is 19.5 Å². The molecule has 1 aliphatic heterocycles. The number of hydrogen-bond donors (Lipinski definition) is 1. The van der Waals surface area contributed by atoms with Crippen LogP contribution in [-0.2, 0) is 4.74 Å². The lowest BCUT2D eigenvalue weighted by Crippen LogP contribution is -2.42. The number of ether oxygens (including phenoxy) is 1. The summed E-state index contributed by atoms with van der Waals surface area (Å²) in [6.07, 6.45) is 0.777. The van der Waals surface area contributed by atoms with Crippen LogP contribution in [0, 0.1) is 0 Å². The van der Waals surface area contributed by atoms with Crippen LogP contribution < -0.4 is 5.32 Å². The number of carbonyl (C=O) groups is 1. The second-order valence-electron chi connectivity index (χ2n) is 5.68. The minimum atomic E-state index is -0.411. The number of hydrogen-bond acceptors (Lipinski definition) is 3. The SMILES string of the molecule is C[C@H]1CCN(C(=O)OC(C)(C)C)C[C@H](C)N1. The van der Waals surface area contributed by atoms with Crippen molar-refractivity contribution >= 4 is 6.09 Å². The van der Waals surface area contributed by atoms with E-state index in [1.807, 2.05) is 20.8 Å². The molecule has 1 rings (SSSR count). The third kappa shape index (κ3) is 4.39. The van der Waals surface area contributed by atoms with Gasteiger partial charge in [0.05, 0.1) is 0 Å². The molecule has 4 nitrogen and oxygen atoms in total. The Labute approximate surface area is 98.3 Å². The Morgan fingerprint density at radius 3 is 2.50 bits per heavy atom. The quantitative estimate of drug-likeness (QED) is 0.689. The average Bonchev–Trinajstić information content (AvgIpc) is 2.23. The number of carbonyl (C=O) groups excluding carboxylic acids is 1. The van der Waals surface area contributed by atoms with E-state index in [1.165, 1.54) is 0 Å². The molecule has 1 heterocycles. The first-order chi connectivity index (χ1) is 7.28. The molecular weight excluding hydrogens is 204 g/mol. The van der Waals surface area contributed by atoms with E-state index in [0.29, 0.717) is 12.1 Å². The minimum absolute atomic E-state index is 0.199. The van der Waals surface area contributed by atoms with Crippen LogP contribution in [0.5, 0.6) is 0 Å². The standard InChI is InChI=1S/C12H24N2O2/c1-9-6-7-14(8-10(2)13-9)11(15)16-12(3,4)5/h9-10,13H,6-8H2,1-5H3/t9-,10-/m0/s1.